The van der Waals surface area contributed by atoms with Gasteiger partial charge in [0.15, 0.2) is 5.82 Å². The molecule has 0 spiro atoms. The maximum absolute atomic E-state index is 11.6. The largest absolute Gasteiger partial charge is 0.338 e. The fraction of sp³-hybridized carbons (Fsp3) is 0.333. The first-order valence-electron chi connectivity index (χ1n) is 5.80. The Balaban J connectivity index is 2.07. The summed E-state index contributed by atoms with van der Waals surface area (Å²) in [7, 11) is 0. The minimum atomic E-state index is -0.226. The van der Waals surface area contributed by atoms with E-state index in [4.69, 9.17) is 11.6 Å². The summed E-state index contributed by atoms with van der Waals surface area (Å²) in [5.74, 6) is 0.562. The number of anilines is 1. The van der Waals surface area contributed by atoms with Crippen LogP contribution in [0.3, 0.4) is 0 Å². The molecule has 2 N–H and O–H groups in total. The minimum Gasteiger partial charge on any atom is -0.338 e. The quantitative estimate of drug-likeness (QED) is 0.837. The molecule has 0 aliphatic heterocycles. The second-order valence-electron chi connectivity index (χ2n) is 3.91. The zero-order valence-electron chi connectivity index (χ0n) is 10.00. The smallest absolute Gasteiger partial charge is 0.320 e. The van der Waals surface area contributed by atoms with Gasteiger partial charge in [-0.15, -0.1) is 0 Å². The molecule has 0 aliphatic rings. The van der Waals surface area contributed by atoms with E-state index in [-0.39, 0.29) is 6.03 Å². The van der Waals surface area contributed by atoms with Gasteiger partial charge in [0.05, 0.1) is 4.70 Å². The first-order valence-corrected chi connectivity index (χ1v) is 6.95. The normalized spacial score (nSPS) is 10.6. The number of unbranched alkanes of at least 4 members (excludes halogenated alkanes) is 1. The number of aromatic nitrogens is 1. The van der Waals surface area contributed by atoms with Crippen molar-refractivity contribution in [3.05, 3.63) is 23.2 Å². The standard InChI is InChI=1S/C12H14ClN3OS/c1-2-3-6-14-12(17)15-11-9-7-8(13)4-5-10(9)18-16-11/h4-5,7H,2-3,6H2,1H3,(H2,14,15,16,17). The number of hydrogen-bond acceptors (Lipinski definition) is 3. The number of halogens is 1. The third kappa shape index (κ3) is 3.11. The highest BCUT2D eigenvalue weighted by Gasteiger charge is 2.09. The van der Waals surface area contributed by atoms with Crippen molar-refractivity contribution in [1.29, 1.82) is 0 Å². The van der Waals surface area contributed by atoms with E-state index in [0.717, 1.165) is 22.9 Å². The SMILES string of the molecule is CCCCNC(=O)Nc1nsc2ccc(Cl)cc12. The Kier molecular flexibility index (Phi) is 4.38. The molecular formula is C12H14ClN3OS. The third-order valence-electron chi connectivity index (χ3n) is 2.48. The second kappa shape index (κ2) is 6.02. The van der Waals surface area contributed by atoms with Crippen LogP contribution in [0.15, 0.2) is 18.2 Å². The highest BCUT2D eigenvalue weighted by Crippen LogP contribution is 2.29. The van der Waals surface area contributed by atoms with Crippen LogP contribution in [0.4, 0.5) is 10.6 Å². The molecule has 1 aromatic heterocycles. The predicted octanol–water partition coefficient (Wildman–Crippen LogP) is 3.87. The minimum absolute atomic E-state index is 0.226. The molecule has 0 fully saturated rings. The summed E-state index contributed by atoms with van der Waals surface area (Å²) in [5.41, 5.74) is 0. The third-order valence-corrected chi connectivity index (χ3v) is 3.54. The number of hydrogen-bond donors (Lipinski definition) is 2. The molecule has 0 unspecified atom stereocenters. The highest BCUT2D eigenvalue weighted by atomic mass is 35.5. The lowest BCUT2D eigenvalue weighted by molar-refractivity contribution is 0.252. The van der Waals surface area contributed by atoms with Crippen LogP contribution in [0.5, 0.6) is 0 Å². The van der Waals surface area contributed by atoms with Crippen molar-refractivity contribution in [2.45, 2.75) is 19.8 Å². The molecule has 96 valence electrons. The summed E-state index contributed by atoms with van der Waals surface area (Å²) in [6.07, 6.45) is 2.02. The molecule has 0 saturated heterocycles. The summed E-state index contributed by atoms with van der Waals surface area (Å²) >= 11 is 7.28. The zero-order chi connectivity index (χ0) is 13.0. The van der Waals surface area contributed by atoms with E-state index >= 15 is 0 Å². The number of urea groups is 1. The molecule has 2 aromatic rings. The number of rotatable bonds is 4. The van der Waals surface area contributed by atoms with Crippen molar-refractivity contribution in [3.63, 3.8) is 0 Å². The van der Waals surface area contributed by atoms with Crippen molar-refractivity contribution in [1.82, 2.24) is 9.69 Å². The van der Waals surface area contributed by atoms with Crippen molar-refractivity contribution in [3.8, 4) is 0 Å². The number of benzene rings is 1. The van der Waals surface area contributed by atoms with E-state index in [0.29, 0.717) is 17.4 Å². The molecule has 0 atom stereocenters. The summed E-state index contributed by atoms with van der Waals surface area (Å²) in [6.45, 7) is 2.75. The van der Waals surface area contributed by atoms with E-state index < -0.39 is 0 Å². The van der Waals surface area contributed by atoms with Gasteiger partial charge in [0.2, 0.25) is 0 Å². The fourth-order valence-corrected chi connectivity index (χ4v) is 2.42. The Bertz CT molecular complexity index is 555. The van der Waals surface area contributed by atoms with Gasteiger partial charge in [-0.3, -0.25) is 5.32 Å². The van der Waals surface area contributed by atoms with Crippen molar-refractivity contribution >= 4 is 45.1 Å². The van der Waals surface area contributed by atoms with Crippen molar-refractivity contribution < 1.29 is 4.79 Å². The number of carbonyl (C=O) groups is 1. The Morgan fingerprint density at radius 3 is 3.11 bits per heavy atom. The van der Waals surface area contributed by atoms with Crippen LogP contribution in [-0.4, -0.2) is 16.9 Å². The lowest BCUT2D eigenvalue weighted by Crippen LogP contribution is -2.29. The summed E-state index contributed by atoms with van der Waals surface area (Å²) in [5, 5.41) is 7.03. The average Bonchev–Trinajstić information content (AvgIpc) is 2.72. The van der Waals surface area contributed by atoms with E-state index in [9.17, 15) is 4.79 Å². The van der Waals surface area contributed by atoms with Crippen LogP contribution < -0.4 is 10.6 Å². The second-order valence-corrected chi connectivity index (χ2v) is 5.15. The van der Waals surface area contributed by atoms with Gasteiger partial charge in [0.1, 0.15) is 0 Å². The van der Waals surface area contributed by atoms with E-state index in [1.807, 2.05) is 18.2 Å². The topological polar surface area (TPSA) is 54.0 Å². The first-order chi connectivity index (χ1) is 8.70. The highest BCUT2D eigenvalue weighted by molar-refractivity contribution is 7.13. The van der Waals surface area contributed by atoms with Crippen LogP contribution in [0.2, 0.25) is 5.02 Å². The number of carbonyl (C=O) groups excluding carboxylic acids is 1. The van der Waals surface area contributed by atoms with Gasteiger partial charge < -0.3 is 5.32 Å². The lowest BCUT2D eigenvalue weighted by Gasteiger charge is -2.04. The summed E-state index contributed by atoms with van der Waals surface area (Å²) < 4.78 is 5.22. The molecule has 1 aromatic carbocycles. The number of nitrogens with zero attached hydrogens (tertiary/aromatic N) is 1. The number of nitrogens with one attached hydrogen (secondary N) is 2. The maximum atomic E-state index is 11.6. The van der Waals surface area contributed by atoms with Crippen LogP contribution in [0.1, 0.15) is 19.8 Å². The van der Waals surface area contributed by atoms with Gasteiger partial charge in [-0.1, -0.05) is 24.9 Å². The fourth-order valence-electron chi connectivity index (χ4n) is 1.53. The average molecular weight is 284 g/mol. The molecule has 2 amide bonds. The molecule has 0 aliphatic carbocycles. The molecular weight excluding hydrogens is 270 g/mol. The maximum Gasteiger partial charge on any atom is 0.320 e. The van der Waals surface area contributed by atoms with Crippen molar-refractivity contribution in [2.24, 2.45) is 0 Å². The lowest BCUT2D eigenvalue weighted by atomic mass is 10.2. The van der Waals surface area contributed by atoms with Gasteiger partial charge in [0, 0.05) is 17.0 Å². The number of fused-ring (bicyclic) bond motifs is 1. The summed E-state index contributed by atoms with van der Waals surface area (Å²) in [4.78, 5) is 11.6. The van der Waals surface area contributed by atoms with Crippen LogP contribution in [-0.2, 0) is 0 Å². The predicted molar refractivity (Wildman–Crippen MR) is 76.6 cm³/mol. The van der Waals surface area contributed by atoms with E-state index in [1.54, 1.807) is 0 Å². The monoisotopic (exact) mass is 283 g/mol. The van der Waals surface area contributed by atoms with Gasteiger partial charge in [0.25, 0.3) is 0 Å². The molecule has 18 heavy (non-hydrogen) atoms. The van der Waals surface area contributed by atoms with Crippen LogP contribution in [0.25, 0.3) is 10.1 Å². The van der Waals surface area contributed by atoms with Crippen LogP contribution >= 0.6 is 23.1 Å². The van der Waals surface area contributed by atoms with Gasteiger partial charge in [-0.2, -0.15) is 4.37 Å². The Morgan fingerprint density at radius 1 is 1.50 bits per heavy atom. The van der Waals surface area contributed by atoms with E-state index in [2.05, 4.69) is 21.9 Å². The van der Waals surface area contributed by atoms with Gasteiger partial charge >= 0.3 is 6.03 Å². The molecule has 0 radical (unpaired) electrons. The molecule has 6 heteroatoms. The summed E-state index contributed by atoms with van der Waals surface area (Å²) in [6, 6.07) is 5.29. The molecule has 1 heterocycles. The van der Waals surface area contributed by atoms with E-state index in [1.165, 1.54) is 11.5 Å². The Labute approximate surface area is 115 Å². The number of amides is 2. The molecule has 0 saturated carbocycles. The van der Waals surface area contributed by atoms with Gasteiger partial charge in [-0.05, 0) is 36.2 Å². The first kappa shape index (κ1) is 13.1. The van der Waals surface area contributed by atoms with Crippen molar-refractivity contribution in [2.75, 3.05) is 11.9 Å². The van der Waals surface area contributed by atoms with Gasteiger partial charge in [-0.25, -0.2) is 4.79 Å². The zero-order valence-corrected chi connectivity index (χ0v) is 11.6. The Morgan fingerprint density at radius 2 is 2.33 bits per heavy atom. The van der Waals surface area contributed by atoms with Crippen LogP contribution in [0, 0.1) is 0 Å². The Hall–Kier alpha value is -1.33. The molecule has 2 rings (SSSR count). The molecule has 0 bridgehead atoms. The molecule has 4 nitrogen and oxygen atoms in total.